The third-order valence-electron chi connectivity index (χ3n) is 2.60. The van der Waals surface area contributed by atoms with Gasteiger partial charge >= 0.3 is 4.87 Å². The van der Waals surface area contributed by atoms with Gasteiger partial charge in [-0.3, -0.25) is 4.79 Å². The highest BCUT2D eigenvalue weighted by Crippen LogP contribution is 2.35. The minimum atomic E-state index is -0.136. The molecule has 0 fully saturated rings. The molecule has 0 spiro atoms. The number of aromatic nitrogens is 2. The van der Waals surface area contributed by atoms with Crippen molar-refractivity contribution in [3.8, 4) is 16.3 Å². The minimum absolute atomic E-state index is 0.136. The van der Waals surface area contributed by atoms with Gasteiger partial charge in [-0.15, -0.1) is 0 Å². The molecule has 5 heteroatoms. The molecule has 0 saturated heterocycles. The molecule has 1 aliphatic rings. The van der Waals surface area contributed by atoms with Gasteiger partial charge in [0.15, 0.2) is 5.01 Å². The molecule has 4 nitrogen and oxygen atoms in total. The summed E-state index contributed by atoms with van der Waals surface area (Å²) < 4.78 is 5.67. The predicted octanol–water partition coefficient (Wildman–Crippen LogP) is 1.82. The molecule has 0 bridgehead atoms. The number of nitrogens with one attached hydrogen (secondary N) is 1. The van der Waals surface area contributed by atoms with Gasteiger partial charge in [-0.2, -0.15) is 5.10 Å². The Labute approximate surface area is 95.9 Å². The summed E-state index contributed by atoms with van der Waals surface area (Å²) in [5.74, 6) is 0.886. The van der Waals surface area contributed by atoms with Crippen LogP contribution >= 0.6 is 11.3 Å². The van der Waals surface area contributed by atoms with Crippen LogP contribution in [0.25, 0.3) is 10.6 Å². The van der Waals surface area contributed by atoms with Crippen molar-refractivity contribution in [2.24, 2.45) is 0 Å². The first-order valence-corrected chi connectivity index (χ1v) is 5.97. The van der Waals surface area contributed by atoms with Gasteiger partial charge in [0.05, 0.1) is 12.2 Å². The number of para-hydroxylation sites is 1. The van der Waals surface area contributed by atoms with Crippen LogP contribution in [0.3, 0.4) is 0 Å². The summed E-state index contributed by atoms with van der Waals surface area (Å²) in [5.41, 5.74) is 2.12. The first-order valence-electron chi connectivity index (χ1n) is 5.15. The van der Waals surface area contributed by atoms with E-state index in [4.69, 9.17) is 4.74 Å². The Morgan fingerprint density at radius 2 is 2.38 bits per heavy atom. The van der Waals surface area contributed by atoms with Crippen molar-refractivity contribution in [2.75, 3.05) is 6.61 Å². The van der Waals surface area contributed by atoms with Crippen molar-refractivity contribution < 1.29 is 4.74 Å². The highest BCUT2D eigenvalue weighted by atomic mass is 32.1. The van der Waals surface area contributed by atoms with Gasteiger partial charge in [0.2, 0.25) is 0 Å². The molecule has 0 saturated carbocycles. The van der Waals surface area contributed by atoms with Crippen LogP contribution in [0.2, 0.25) is 0 Å². The Kier molecular flexibility index (Phi) is 2.25. The van der Waals surface area contributed by atoms with Crippen LogP contribution in [0.1, 0.15) is 12.0 Å². The van der Waals surface area contributed by atoms with Crippen molar-refractivity contribution >= 4 is 11.3 Å². The number of fused-ring (bicyclic) bond motifs is 1. The molecule has 1 aromatic heterocycles. The van der Waals surface area contributed by atoms with Crippen LogP contribution in [0.5, 0.6) is 5.75 Å². The molecule has 82 valence electrons. The maximum atomic E-state index is 11.1. The molecule has 0 atom stereocenters. The van der Waals surface area contributed by atoms with Crippen molar-refractivity contribution in [1.82, 2.24) is 10.2 Å². The van der Waals surface area contributed by atoms with Crippen molar-refractivity contribution in [3.63, 3.8) is 0 Å². The summed E-state index contributed by atoms with van der Waals surface area (Å²) in [6, 6.07) is 5.98. The Morgan fingerprint density at radius 1 is 1.44 bits per heavy atom. The number of aromatic amines is 1. The Bertz CT molecular complexity index is 573. The Hall–Kier alpha value is -1.62. The summed E-state index contributed by atoms with van der Waals surface area (Å²) >= 11 is 1.11. The molecule has 3 rings (SSSR count). The SMILES string of the molecule is O=c1[nH]nc(-c2cccc3c2OCCC3)s1. The molecule has 1 aliphatic heterocycles. The summed E-state index contributed by atoms with van der Waals surface area (Å²) in [4.78, 5) is 11.0. The molecule has 0 unspecified atom stereocenters. The third-order valence-corrected chi connectivity index (χ3v) is 3.38. The van der Waals surface area contributed by atoms with Gasteiger partial charge in [0.25, 0.3) is 0 Å². The van der Waals surface area contributed by atoms with Gasteiger partial charge < -0.3 is 4.74 Å². The van der Waals surface area contributed by atoms with Crippen LogP contribution in [0, 0.1) is 0 Å². The number of hydrogen-bond donors (Lipinski definition) is 1. The molecular formula is C11H10N2O2S. The van der Waals surface area contributed by atoms with Gasteiger partial charge in [-0.1, -0.05) is 23.5 Å². The number of aryl methyl sites for hydroxylation is 1. The zero-order valence-electron chi connectivity index (χ0n) is 8.53. The van der Waals surface area contributed by atoms with Crippen molar-refractivity contribution in [3.05, 3.63) is 33.4 Å². The highest BCUT2D eigenvalue weighted by Gasteiger charge is 2.17. The van der Waals surface area contributed by atoms with E-state index in [0.717, 1.165) is 42.1 Å². The lowest BCUT2D eigenvalue weighted by Gasteiger charge is -2.19. The Morgan fingerprint density at radius 3 is 3.19 bits per heavy atom. The van der Waals surface area contributed by atoms with Crippen LogP contribution in [-0.2, 0) is 6.42 Å². The number of benzene rings is 1. The van der Waals surface area contributed by atoms with Gasteiger partial charge in [0, 0.05) is 0 Å². The quantitative estimate of drug-likeness (QED) is 0.819. The Balaban J connectivity index is 2.17. The summed E-state index contributed by atoms with van der Waals surface area (Å²) in [7, 11) is 0. The van der Waals surface area contributed by atoms with Crippen molar-refractivity contribution in [2.45, 2.75) is 12.8 Å². The standard InChI is InChI=1S/C11H10N2O2S/c14-11-13-12-10(16-11)8-5-1-3-7-4-2-6-15-9(7)8/h1,3,5H,2,4,6H2,(H,13,14). The topological polar surface area (TPSA) is 55.0 Å². The summed E-state index contributed by atoms with van der Waals surface area (Å²) in [6.07, 6.45) is 2.08. The number of H-pyrrole nitrogens is 1. The second kappa shape index (κ2) is 3.75. The maximum absolute atomic E-state index is 11.1. The number of ether oxygens (including phenoxy) is 1. The minimum Gasteiger partial charge on any atom is -0.493 e. The van der Waals surface area contributed by atoms with Crippen LogP contribution < -0.4 is 9.61 Å². The van der Waals surface area contributed by atoms with E-state index in [1.807, 2.05) is 12.1 Å². The molecule has 1 N–H and O–H groups in total. The van der Waals surface area contributed by atoms with E-state index < -0.39 is 0 Å². The van der Waals surface area contributed by atoms with Gasteiger partial charge in [-0.25, -0.2) is 5.10 Å². The summed E-state index contributed by atoms with van der Waals surface area (Å²) in [5, 5.41) is 7.12. The molecule has 2 heterocycles. The maximum Gasteiger partial charge on any atom is 0.322 e. The fraction of sp³-hybridized carbons (Fsp3) is 0.273. The number of nitrogens with zero attached hydrogens (tertiary/aromatic N) is 1. The van der Waals surface area contributed by atoms with Gasteiger partial charge in [0.1, 0.15) is 5.75 Å². The monoisotopic (exact) mass is 234 g/mol. The van der Waals surface area contributed by atoms with E-state index in [-0.39, 0.29) is 4.87 Å². The molecule has 2 aromatic rings. The van der Waals surface area contributed by atoms with E-state index in [0.29, 0.717) is 5.01 Å². The zero-order valence-corrected chi connectivity index (χ0v) is 9.34. The average molecular weight is 234 g/mol. The highest BCUT2D eigenvalue weighted by molar-refractivity contribution is 7.12. The first-order chi connectivity index (χ1) is 7.84. The molecular weight excluding hydrogens is 224 g/mol. The zero-order chi connectivity index (χ0) is 11.0. The third kappa shape index (κ3) is 1.53. The predicted molar refractivity (Wildman–Crippen MR) is 62.0 cm³/mol. The van der Waals surface area contributed by atoms with Crippen LogP contribution in [0.15, 0.2) is 23.0 Å². The molecule has 0 amide bonds. The van der Waals surface area contributed by atoms with E-state index >= 15 is 0 Å². The van der Waals surface area contributed by atoms with Crippen LogP contribution in [-0.4, -0.2) is 16.8 Å². The van der Waals surface area contributed by atoms with Crippen molar-refractivity contribution in [1.29, 1.82) is 0 Å². The molecule has 1 aromatic carbocycles. The average Bonchev–Trinajstić information content (AvgIpc) is 2.75. The van der Waals surface area contributed by atoms with Gasteiger partial charge in [-0.05, 0) is 24.5 Å². The lowest BCUT2D eigenvalue weighted by molar-refractivity contribution is 0.289. The molecule has 16 heavy (non-hydrogen) atoms. The van der Waals surface area contributed by atoms with E-state index in [2.05, 4.69) is 16.3 Å². The number of hydrogen-bond acceptors (Lipinski definition) is 4. The molecule has 0 radical (unpaired) electrons. The van der Waals surface area contributed by atoms with E-state index in [1.54, 1.807) is 0 Å². The lowest BCUT2D eigenvalue weighted by Crippen LogP contribution is -2.09. The molecule has 0 aliphatic carbocycles. The summed E-state index contributed by atoms with van der Waals surface area (Å²) in [6.45, 7) is 0.739. The lowest BCUT2D eigenvalue weighted by atomic mass is 10.0. The second-order valence-electron chi connectivity index (χ2n) is 3.66. The fourth-order valence-electron chi connectivity index (χ4n) is 1.90. The van der Waals surface area contributed by atoms with Crippen LogP contribution in [0.4, 0.5) is 0 Å². The normalized spacial score (nSPS) is 14.2. The smallest absolute Gasteiger partial charge is 0.322 e. The fourth-order valence-corrected chi connectivity index (χ4v) is 2.53. The number of rotatable bonds is 1. The van der Waals surface area contributed by atoms with E-state index in [9.17, 15) is 4.79 Å². The van der Waals surface area contributed by atoms with E-state index in [1.165, 1.54) is 5.56 Å². The first kappa shape index (κ1) is 9.59. The largest absolute Gasteiger partial charge is 0.493 e. The second-order valence-corrected chi connectivity index (χ2v) is 4.63.